The van der Waals surface area contributed by atoms with Crippen LogP contribution < -0.4 is 10.5 Å². The maximum atomic E-state index is 5.76. The standard InChI is InChI=1S/C15H22N2O/c16-13-14-7-4-5-10-17(14)11-6-12-18-15-8-2-1-3-9-15/h1-4,7-9,14H,5-6,10-13,16H2. The number of hydrogen-bond donors (Lipinski definition) is 1. The molecule has 2 N–H and O–H groups in total. The Kier molecular flexibility index (Phi) is 5.24. The van der Waals surface area contributed by atoms with E-state index in [0.717, 1.165) is 38.3 Å². The molecule has 98 valence electrons. The lowest BCUT2D eigenvalue weighted by Gasteiger charge is -2.31. The molecule has 0 fully saturated rings. The number of benzene rings is 1. The van der Waals surface area contributed by atoms with E-state index in [0.29, 0.717) is 12.6 Å². The third-order valence-electron chi connectivity index (χ3n) is 3.25. The zero-order chi connectivity index (χ0) is 12.6. The molecule has 1 aliphatic heterocycles. The molecule has 3 nitrogen and oxygen atoms in total. The molecule has 1 aromatic carbocycles. The van der Waals surface area contributed by atoms with E-state index < -0.39 is 0 Å². The minimum atomic E-state index is 0.412. The fourth-order valence-corrected chi connectivity index (χ4v) is 2.26. The summed E-state index contributed by atoms with van der Waals surface area (Å²) in [5, 5.41) is 0. The second kappa shape index (κ2) is 7.19. The van der Waals surface area contributed by atoms with E-state index in [1.807, 2.05) is 30.3 Å². The topological polar surface area (TPSA) is 38.5 Å². The van der Waals surface area contributed by atoms with E-state index in [2.05, 4.69) is 17.1 Å². The molecule has 0 saturated heterocycles. The van der Waals surface area contributed by atoms with E-state index >= 15 is 0 Å². The molecule has 1 unspecified atom stereocenters. The first-order valence-electron chi connectivity index (χ1n) is 6.69. The predicted octanol–water partition coefficient (Wildman–Crippen LogP) is 2.04. The summed E-state index contributed by atoms with van der Waals surface area (Å²) in [7, 11) is 0. The highest BCUT2D eigenvalue weighted by Crippen LogP contribution is 2.11. The van der Waals surface area contributed by atoms with E-state index in [1.165, 1.54) is 0 Å². The summed E-state index contributed by atoms with van der Waals surface area (Å²) < 4.78 is 5.69. The van der Waals surface area contributed by atoms with Crippen LogP contribution in [0.1, 0.15) is 12.8 Å². The second-order valence-electron chi connectivity index (χ2n) is 4.57. The van der Waals surface area contributed by atoms with Gasteiger partial charge in [0.25, 0.3) is 0 Å². The van der Waals surface area contributed by atoms with Crippen molar-refractivity contribution in [3.8, 4) is 5.75 Å². The third-order valence-corrected chi connectivity index (χ3v) is 3.25. The second-order valence-corrected chi connectivity index (χ2v) is 4.57. The lowest BCUT2D eigenvalue weighted by atomic mass is 10.1. The SMILES string of the molecule is NCC1C=CCCN1CCCOc1ccccc1. The normalized spacial score (nSPS) is 19.9. The van der Waals surface area contributed by atoms with Crippen LogP contribution >= 0.6 is 0 Å². The quantitative estimate of drug-likeness (QED) is 0.616. The molecule has 0 radical (unpaired) electrons. The van der Waals surface area contributed by atoms with Crippen LogP contribution in [0, 0.1) is 0 Å². The molecular weight excluding hydrogens is 224 g/mol. The van der Waals surface area contributed by atoms with Gasteiger partial charge in [0.15, 0.2) is 0 Å². The summed E-state index contributed by atoms with van der Waals surface area (Å²) in [6.07, 6.45) is 6.63. The van der Waals surface area contributed by atoms with Crippen LogP contribution in [-0.4, -0.2) is 37.2 Å². The van der Waals surface area contributed by atoms with Crippen LogP contribution in [0.3, 0.4) is 0 Å². The molecule has 1 aliphatic rings. The van der Waals surface area contributed by atoms with Gasteiger partial charge >= 0.3 is 0 Å². The van der Waals surface area contributed by atoms with Crippen LogP contribution in [0.25, 0.3) is 0 Å². The molecule has 0 bridgehead atoms. The molecule has 3 heteroatoms. The summed E-state index contributed by atoms with van der Waals surface area (Å²) >= 11 is 0. The van der Waals surface area contributed by atoms with Crippen molar-refractivity contribution in [2.24, 2.45) is 5.73 Å². The average Bonchev–Trinajstić information content (AvgIpc) is 2.45. The summed E-state index contributed by atoms with van der Waals surface area (Å²) in [6, 6.07) is 10.4. The fourth-order valence-electron chi connectivity index (χ4n) is 2.26. The van der Waals surface area contributed by atoms with Gasteiger partial charge in [-0.1, -0.05) is 30.4 Å². The number of nitrogens with zero attached hydrogens (tertiary/aromatic N) is 1. The minimum absolute atomic E-state index is 0.412. The predicted molar refractivity (Wildman–Crippen MR) is 74.7 cm³/mol. The van der Waals surface area contributed by atoms with Crippen molar-refractivity contribution in [1.29, 1.82) is 0 Å². The number of ether oxygens (including phenoxy) is 1. The zero-order valence-corrected chi connectivity index (χ0v) is 10.8. The molecule has 2 rings (SSSR count). The first-order valence-corrected chi connectivity index (χ1v) is 6.69. The third kappa shape index (κ3) is 3.86. The Morgan fingerprint density at radius 3 is 2.89 bits per heavy atom. The van der Waals surface area contributed by atoms with Crippen LogP contribution in [0.4, 0.5) is 0 Å². The van der Waals surface area contributed by atoms with Crippen LogP contribution in [-0.2, 0) is 0 Å². The van der Waals surface area contributed by atoms with E-state index in [4.69, 9.17) is 10.5 Å². The summed E-state index contributed by atoms with van der Waals surface area (Å²) in [6.45, 7) is 3.64. The number of rotatable bonds is 6. The first kappa shape index (κ1) is 13.1. The number of nitrogens with two attached hydrogens (primary N) is 1. The Morgan fingerprint density at radius 2 is 2.11 bits per heavy atom. The van der Waals surface area contributed by atoms with Gasteiger partial charge in [0.2, 0.25) is 0 Å². The van der Waals surface area contributed by atoms with Crippen LogP contribution in [0.5, 0.6) is 5.75 Å². The van der Waals surface area contributed by atoms with Crippen molar-refractivity contribution >= 4 is 0 Å². The van der Waals surface area contributed by atoms with Crippen molar-refractivity contribution in [2.75, 3.05) is 26.2 Å². The van der Waals surface area contributed by atoms with Gasteiger partial charge in [0, 0.05) is 25.7 Å². The highest BCUT2D eigenvalue weighted by molar-refractivity contribution is 5.20. The van der Waals surface area contributed by atoms with E-state index in [1.54, 1.807) is 0 Å². The van der Waals surface area contributed by atoms with Crippen LogP contribution in [0.15, 0.2) is 42.5 Å². The Bertz CT molecular complexity index is 364. The Morgan fingerprint density at radius 1 is 1.28 bits per heavy atom. The van der Waals surface area contributed by atoms with Crippen LogP contribution in [0.2, 0.25) is 0 Å². The summed E-state index contributed by atoms with van der Waals surface area (Å²) in [5.74, 6) is 0.950. The van der Waals surface area contributed by atoms with Gasteiger partial charge in [-0.05, 0) is 25.0 Å². The van der Waals surface area contributed by atoms with Gasteiger partial charge < -0.3 is 10.5 Å². The molecule has 1 aromatic rings. The maximum absolute atomic E-state index is 5.76. The molecule has 0 aromatic heterocycles. The molecular formula is C15H22N2O. The Hall–Kier alpha value is -1.32. The lowest BCUT2D eigenvalue weighted by molar-refractivity contribution is 0.202. The molecule has 1 atom stereocenters. The molecule has 0 saturated carbocycles. The monoisotopic (exact) mass is 246 g/mol. The minimum Gasteiger partial charge on any atom is -0.494 e. The largest absolute Gasteiger partial charge is 0.494 e. The Balaban J connectivity index is 1.67. The van der Waals surface area contributed by atoms with Gasteiger partial charge in [-0.2, -0.15) is 0 Å². The van der Waals surface area contributed by atoms with Gasteiger partial charge in [-0.25, -0.2) is 0 Å². The molecule has 0 spiro atoms. The summed E-state index contributed by atoms with van der Waals surface area (Å²) in [4.78, 5) is 2.44. The number of hydrogen-bond acceptors (Lipinski definition) is 3. The maximum Gasteiger partial charge on any atom is 0.119 e. The molecule has 18 heavy (non-hydrogen) atoms. The highest BCUT2D eigenvalue weighted by atomic mass is 16.5. The van der Waals surface area contributed by atoms with Crippen molar-refractivity contribution in [3.63, 3.8) is 0 Å². The summed E-state index contributed by atoms with van der Waals surface area (Å²) in [5.41, 5.74) is 5.76. The first-order chi connectivity index (χ1) is 8.90. The zero-order valence-electron chi connectivity index (χ0n) is 10.8. The molecule has 0 aliphatic carbocycles. The average molecular weight is 246 g/mol. The fraction of sp³-hybridized carbons (Fsp3) is 0.467. The van der Waals surface area contributed by atoms with Gasteiger partial charge in [0.05, 0.1) is 6.61 Å². The van der Waals surface area contributed by atoms with Gasteiger partial charge in [0.1, 0.15) is 5.75 Å². The number of para-hydroxylation sites is 1. The van der Waals surface area contributed by atoms with E-state index in [-0.39, 0.29) is 0 Å². The van der Waals surface area contributed by atoms with Crippen molar-refractivity contribution in [1.82, 2.24) is 4.90 Å². The van der Waals surface area contributed by atoms with Crippen molar-refractivity contribution in [3.05, 3.63) is 42.5 Å². The smallest absolute Gasteiger partial charge is 0.119 e. The van der Waals surface area contributed by atoms with Gasteiger partial charge in [-0.3, -0.25) is 4.90 Å². The van der Waals surface area contributed by atoms with E-state index in [9.17, 15) is 0 Å². The Labute approximate surface area is 109 Å². The molecule has 1 heterocycles. The van der Waals surface area contributed by atoms with Crippen molar-refractivity contribution in [2.45, 2.75) is 18.9 Å². The van der Waals surface area contributed by atoms with Gasteiger partial charge in [-0.15, -0.1) is 0 Å². The molecule has 0 amide bonds. The highest BCUT2D eigenvalue weighted by Gasteiger charge is 2.16. The van der Waals surface area contributed by atoms with Crippen molar-refractivity contribution < 1.29 is 4.74 Å². The lowest BCUT2D eigenvalue weighted by Crippen LogP contribution is -2.42.